The Labute approximate surface area is 143 Å². The number of nitriles is 1. The molecule has 0 fully saturated rings. The lowest BCUT2D eigenvalue weighted by atomic mass is 10.1. The Hall–Kier alpha value is -2.89. The highest BCUT2D eigenvalue weighted by molar-refractivity contribution is 5.32. The lowest BCUT2D eigenvalue weighted by molar-refractivity contribution is 0.247. The van der Waals surface area contributed by atoms with Gasteiger partial charge in [0.15, 0.2) is 0 Å². The third-order valence-electron chi connectivity index (χ3n) is 3.96. The van der Waals surface area contributed by atoms with E-state index in [1.54, 1.807) is 0 Å². The highest BCUT2D eigenvalue weighted by Crippen LogP contribution is 2.15. The van der Waals surface area contributed by atoms with Crippen molar-refractivity contribution in [3.63, 3.8) is 0 Å². The highest BCUT2D eigenvalue weighted by atomic mass is 15.1. The van der Waals surface area contributed by atoms with Gasteiger partial charge in [0.25, 0.3) is 0 Å². The molecule has 0 unspecified atom stereocenters. The van der Waals surface area contributed by atoms with Gasteiger partial charge < -0.3 is 0 Å². The van der Waals surface area contributed by atoms with Crippen LogP contribution in [0, 0.1) is 11.3 Å². The second-order valence-electron chi connectivity index (χ2n) is 5.93. The van der Waals surface area contributed by atoms with Crippen LogP contribution in [0.1, 0.15) is 22.3 Å². The first kappa shape index (κ1) is 16.0. The van der Waals surface area contributed by atoms with Crippen molar-refractivity contribution in [2.75, 3.05) is 0 Å². The van der Waals surface area contributed by atoms with Crippen LogP contribution in [0.2, 0.25) is 0 Å². The van der Waals surface area contributed by atoms with Crippen LogP contribution in [0.3, 0.4) is 0 Å². The summed E-state index contributed by atoms with van der Waals surface area (Å²) in [4.78, 5) is 2.40. The molecule has 2 nitrogen and oxygen atoms in total. The third kappa shape index (κ3) is 4.55. The number of benzene rings is 3. The summed E-state index contributed by atoms with van der Waals surface area (Å²) in [5, 5.41) is 9.10. The average molecular weight is 312 g/mol. The SMILES string of the molecule is N#Cc1cccc(CN(Cc2ccccc2)Cc2ccccc2)c1. The predicted octanol–water partition coefficient (Wildman–Crippen LogP) is 4.76. The normalized spacial score (nSPS) is 10.5. The Morgan fingerprint density at radius 3 is 1.67 bits per heavy atom. The zero-order valence-electron chi connectivity index (χ0n) is 13.6. The quantitative estimate of drug-likeness (QED) is 0.656. The Morgan fingerprint density at radius 2 is 1.12 bits per heavy atom. The van der Waals surface area contributed by atoms with Crippen molar-refractivity contribution in [3.05, 3.63) is 107 Å². The predicted molar refractivity (Wildman–Crippen MR) is 97.0 cm³/mol. The first-order chi connectivity index (χ1) is 11.8. The molecule has 118 valence electrons. The van der Waals surface area contributed by atoms with E-state index in [-0.39, 0.29) is 0 Å². The summed E-state index contributed by atoms with van der Waals surface area (Å²) in [6.45, 7) is 2.58. The molecule has 0 aliphatic heterocycles. The molecule has 0 bridgehead atoms. The second-order valence-corrected chi connectivity index (χ2v) is 5.93. The van der Waals surface area contributed by atoms with Gasteiger partial charge >= 0.3 is 0 Å². The van der Waals surface area contributed by atoms with Crippen molar-refractivity contribution >= 4 is 0 Å². The van der Waals surface area contributed by atoms with Gasteiger partial charge in [0, 0.05) is 19.6 Å². The zero-order chi connectivity index (χ0) is 16.6. The Balaban J connectivity index is 1.79. The molecule has 0 aromatic heterocycles. The first-order valence-corrected chi connectivity index (χ1v) is 8.13. The summed E-state index contributed by atoms with van der Waals surface area (Å²) < 4.78 is 0. The number of rotatable bonds is 6. The lowest BCUT2D eigenvalue weighted by Gasteiger charge is -2.23. The molecule has 0 amide bonds. The summed E-state index contributed by atoms with van der Waals surface area (Å²) in [5.41, 5.74) is 4.47. The minimum atomic E-state index is 0.715. The van der Waals surface area contributed by atoms with Crippen LogP contribution >= 0.6 is 0 Å². The average Bonchev–Trinajstić information content (AvgIpc) is 2.63. The van der Waals surface area contributed by atoms with E-state index in [4.69, 9.17) is 5.26 Å². The number of hydrogen-bond donors (Lipinski definition) is 0. The summed E-state index contributed by atoms with van der Waals surface area (Å²) in [6.07, 6.45) is 0. The van der Waals surface area contributed by atoms with Crippen molar-refractivity contribution in [1.29, 1.82) is 5.26 Å². The van der Waals surface area contributed by atoms with Crippen LogP contribution in [0.5, 0.6) is 0 Å². The van der Waals surface area contributed by atoms with E-state index in [0.717, 1.165) is 19.6 Å². The molecule has 0 saturated carbocycles. The third-order valence-corrected chi connectivity index (χ3v) is 3.96. The van der Waals surface area contributed by atoms with Gasteiger partial charge in [0.1, 0.15) is 0 Å². The fraction of sp³-hybridized carbons (Fsp3) is 0.136. The largest absolute Gasteiger partial charge is 0.291 e. The van der Waals surface area contributed by atoms with Crippen LogP contribution in [0.4, 0.5) is 0 Å². The van der Waals surface area contributed by atoms with Crippen molar-refractivity contribution in [3.8, 4) is 6.07 Å². The van der Waals surface area contributed by atoms with Gasteiger partial charge in [-0.2, -0.15) is 5.26 Å². The van der Waals surface area contributed by atoms with E-state index in [2.05, 4.69) is 65.6 Å². The molecule has 3 aromatic carbocycles. The minimum Gasteiger partial charge on any atom is -0.291 e. The van der Waals surface area contributed by atoms with Gasteiger partial charge in [0.2, 0.25) is 0 Å². The molecule has 0 N–H and O–H groups in total. The van der Waals surface area contributed by atoms with Crippen LogP contribution in [0.15, 0.2) is 84.9 Å². The second kappa shape index (κ2) is 8.10. The van der Waals surface area contributed by atoms with Crippen molar-refractivity contribution < 1.29 is 0 Å². The molecular formula is C22H20N2. The Kier molecular flexibility index (Phi) is 5.40. The molecule has 0 radical (unpaired) electrons. The first-order valence-electron chi connectivity index (χ1n) is 8.13. The standard InChI is InChI=1S/C22H20N2/c23-15-21-12-7-13-22(14-21)18-24(16-19-8-3-1-4-9-19)17-20-10-5-2-6-11-20/h1-14H,16-18H2. The van der Waals surface area contributed by atoms with Gasteiger partial charge in [-0.1, -0.05) is 72.8 Å². The lowest BCUT2D eigenvalue weighted by Crippen LogP contribution is -2.22. The summed E-state index contributed by atoms with van der Waals surface area (Å²) in [6, 6.07) is 31.1. The summed E-state index contributed by atoms with van der Waals surface area (Å²) in [7, 11) is 0. The molecule has 0 atom stereocenters. The molecule has 0 saturated heterocycles. The van der Waals surface area contributed by atoms with Crippen molar-refractivity contribution in [2.45, 2.75) is 19.6 Å². The smallest absolute Gasteiger partial charge is 0.0991 e. The maximum absolute atomic E-state index is 9.10. The van der Waals surface area contributed by atoms with Gasteiger partial charge in [-0.3, -0.25) is 4.90 Å². The van der Waals surface area contributed by atoms with Crippen LogP contribution in [-0.2, 0) is 19.6 Å². The highest BCUT2D eigenvalue weighted by Gasteiger charge is 2.09. The van der Waals surface area contributed by atoms with Crippen LogP contribution in [-0.4, -0.2) is 4.90 Å². The van der Waals surface area contributed by atoms with Crippen LogP contribution in [0.25, 0.3) is 0 Å². The van der Waals surface area contributed by atoms with Crippen molar-refractivity contribution in [1.82, 2.24) is 4.90 Å². The molecule has 0 heterocycles. The Bertz CT molecular complexity index is 763. The van der Waals surface area contributed by atoms with E-state index in [9.17, 15) is 0 Å². The molecule has 0 aliphatic carbocycles. The molecule has 0 aliphatic rings. The van der Waals surface area contributed by atoms with Gasteiger partial charge in [0.05, 0.1) is 11.6 Å². The topological polar surface area (TPSA) is 27.0 Å². The fourth-order valence-electron chi connectivity index (χ4n) is 2.85. The molecular weight excluding hydrogens is 292 g/mol. The van der Waals surface area contributed by atoms with Crippen molar-refractivity contribution in [2.24, 2.45) is 0 Å². The van der Waals surface area contributed by atoms with E-state index < -0.39 is 0 Å². The monoisotopic (exact) mass is 312 g/mol. The van der Waals surface area contributed by atoms with E-state index in [1.807, 2.05) is 30.3 Å². The van der Waals surface area contributed by atoms with E-state index >= 15 is 0 Å². The number of nitrogens with zero attached hydrogens (tertiary/aromatic N) is 2. The van der Waals surface area contributed by atoms with E-state index in [1.165, 1.54) is 16.7 Å². The van der Waals surface area contributed by atoms with Gasteiger partial charge in [-0.15, -0.1) is 0 Å². The zero-order valence-corrected chi connectivity index (χ0v) is 13.6. The van der Waals surface area contributed by atoms with E-state index in [0.29, 0.717) is 5.56 Å². The number of hydrogen-bond acceptors (Lipinski definition) is 2. The summed E-state index contributed by atoms with van der Waals surface area (Å²) in [5.74, 6) is 0. The summed E-state index contributed by atoms with van der Waals surface area (Å²) >= 11 is 0. The van der Waals surface area contributed by atoms with Crippen LogP contribution < -0.4 is 0 Å². The molecule has 2 heteroatoms. The van der Waals surface area contributed by atoms with Gasteiger partial charge in [-0.05, 0) is 28.8 Å². The maximum Gasteiger partial charge on any atom is 0.0991 e. The Morgan fingerprint density at radius 1 is 0.625 bits per heavy atom. The molecule has 0 spiro atoms. The molecule has 3 rings (SSSR count). The molecule has 3 aromatic rings. The maximum atomic E-state index is 9.10. The minimum absolute atomic E-state index is 0.715. The fourth-order valence-corrected chi connectivity index (χ4v) is 2.85. The van der Waals surface area contributed by atoms with Gasteiger partial charge in [-0.25, -0.2) is 0 Å². The molecule has 24 heavy (non-hydrogen) atoms.